The zero-order valence-electron chi connectivity index (χ0n) is 12.5. The van der Waals surface area contributed by atoms with Crippen molar-refractivity contribution in [3.8, 4) is 0 Å². The van der Waals surface area contributed by atoms with Crippen LogP contribution in [0.4, 0.5) is 0 Å². The Balaban J connectivity index is 2.44. The number of aryl methyl sites for hydroxylation is 1. The number of pyridine rings is 1. The molecule has 20 heavy (non-hydrogen) atoms. The van der Waals surface area contributed by atoms with Crippen LogP contribution in [0.3, 0.4) is 0 Å². The number of aliphatic hydroxyl groups excluding tert-OH is 1. The second-order valence-electron chi connectivity index (χ2n) is 5.43. The number of hydrogen-bond acceptors (Lipinski definition) is 4. The molecule has 114 valence electrons. The lowest BCUT2D eigenvalue weighted by atomic mass is 10.0. The normalized spacial score (nSPS) is 14.2. The van der Waals surface area contributed by atoms with Crippen LogP contribution in [-0.2, 0) is 12.1 Å². The van der Waals surface area contributed by atoms with E-state index in [4.69, 9.17) is 10.8 Å². The topological polar surface area (TPSA) is 79.4 Å². The van der Waals surface area contributed by atoms with Crippen molar-refractivity contribution >= 4 is 0 Å². The standard InChI is InChI=1S/C16H28N2O2/c1-2-3-4-5-6-7-9-14-10-8-11-15(18-14)16(17,20)12-13-19/h8,10-11,19-20H,2-7,9,12-13,17H2,1H3. The molecule has 1 aromatic rings. The van der Waals surface area contributed by atoms with E-state index in [2.05, 4.69) is 11.9 Å². The SMILES string of the molecule is CCCCCCCCc1cccc(C(N)(O)CCO)n1. The molecule has 1 unspecified atom stereocenters. The van der Waals surface area contributed by atoms with Crippen molar-refractivity contribution < 1.29 is 10.2 Å². The second-order valence-corrected chi connectivity index (χ2v) is 5.43. The van der Waals surface area contributed by atoms with Gasteiger partial charge in [0.05, 0.1) is 5.69 Å². The summed E-state index contributed by atoms with van der Waals surface area (Å²) < 4.78 is 0. The van der Waals surface area contributed by atoms with E-state index in [1.165, 1.54) is 32.1 Å². The van der Waals surface area contributed by atoms with E-state index in [0.29, 0.717) is 5.69 Å². The summed E-state index contributed by atoms with van der Waals surface area (Å²) in [5.74, 6) is 0. The van der Waals surface area contributed by atoms with Gasteiger partial charge in [-0.3, -0.25) is 10.7 Å². The van der Waals surface area contributed by atoms with Gasteiger partial charge >= 0.3 is 0 Å². The summed E-state index contributed by atoms with van der Waals surface area (Å²) in [5, 5.41) is 18.9. The van der Waals surface area contributed by atoms with E-state index < -0.39 is 5.72 Å². The zero-order valence-corrected chi connectivity index (χ0v) is 12.5. The van der Waals surface area contributed by atoms with Gasteiger partial charge in [0.2, 0.25) is 0 Å². The maximum absolute atomic E-state index is 10.0. The Morgan fingerprint density at radius 2 is 1.85 bits per heavy atom. The lowest BCUT2D eigenvalue weighted by Gasteiger charge is -2.21. The van der Waals surface area contributed by atoms with E-state index in [-0.39, 0.29) is 13.0 Å². The number of nitrogens with zero attached hydrogens (tertiary/aromatic N) is 1. The lowest BCUT2D eigenvalue weighted by Crippen LogP contribution is -2.38. The molecule has 4 nitrogen and oxygen atoms in total. The Morgan fingerprint density at radius 3 is 2.55 bits per heavy atom. The summed E-state index contributed by atoms with van der Waals surface area (Å²) in [6.45, 7) is 2.06. The number of aromatic nitrogens is 1. The summed E-state index contributed by atoms with van der Waals surface area (Å²) in [6.07, 6.45) is 8.51. The fourth-order valence-electron chi connectivity index (χ4n) is 2.24. The van der Waals surface area contributed by atoms with Gasteiger partial charge in [-0.05, 0) is 25.0 Å². The first-order valence-electron chi connectivity index (χ1n) is 7.68. The number of aliphatic hydroxyl groups is 2. The van der Waals surface area contributed by atoms with E-state index in [9.17, 15) is 5.11 Å². The van der Waals surface area contributed by atoms with Gasteiger partial charge in [-0.1, -0.05) is 45.1 Å². The van der Waals surface area contributed by atoms with Crippen molar-refractivity contribution in [2.75, 3.05) is 6.61 Å². The highest BCUT2D eigenvalue weighted by atomic mass is 16.3. The third kappa shape index (κ3) is 5.99. The van der Waals surface area contributed by atoms with Crippen molar-refractivity contribution in [3.05, 3.63) is 29.6 Å². The highest BCUT2D eigenvalue weighted by Gasteiger charge is 2.24. The minimum absolute atomic E-state index is 0.0977. The third-order valence-electron chi connectivity index (χ3n) is 3.53. The van der Waals surface area contributed by atoms with Crippen LogP contribution < -0.4 is 5.73 Å². The molecule has 0 bridgehead atoms. The molecule has 1 atom stereocenters. The minimum atomic E-state index is -1.54. The van der Waals surface area contributed by atoms with Gasteiger partial charge in [0.15, 0.2) is 5.72 Å². The molecular formula is C16H28N2O2. The van der Waals surface area contributed by atoms with Gasteiger partial charge in [-0.25, -0.2) is 0 Å². The molecule has 0 aliphatic carbocycles. The quantitative estimate of drug-likeness (QED) is 0.454. The molecule has 4 heteroatoms. The third-order valence-corrected chi connectivity index (χ3v) is 3.53. The van der Waals surface area contributed by atoms with E-state index in [1.807, 2.05) is 12.1 Å². The van der Waals surface area contributed by atoms with E-state index in [0.717, 1.165) is 18.5 Å². The highest BCUT2D eigenvalue weighted by molar-refractivity contribution is 5.16. The van der Waals surface area contributed by atoms with E-state index >= 15 is 0 Å². The van der Waals surface area contributed by atoms with Crippen LogP contribution in [0.1, 0.15) is 63.3 Å². The van der Waals surface area contributed by atoms with Crippen LogP contribution in [0, 0.1) is 0 Å². The Bertz CT molecular complexity index is 380. The molecule has 1 heterocycles. The fourth-order valence-corrected chi connectivity index (χ4v) is 2.24. The first-order valence-corrected chi connectivity index (χ1v) is 7.68. The summed E-state index contributed by atoms with van der Waals surface area (Å²) in [6, 6.07) is 5.54. The molecule has 4 N–H and O–H groups in total. The maximum Gasteiger partial charge on any atom is 0.158 e. The molecule has 0 spiro atoms. The van der Waals surface area contributed by atoms with Gasteiger partial charge < -0.3 is 10.2 Å². The van der Waals surface area contributed by atoms with Crippen LogP contribution >= 0.6 is 0 Å². The van der Waals surface area contributed by atoms with Crippen molar-refractivity contribution in [1.82, 2.24) is 4.98 Å². The Hall–Kier alpha value is -0.970. The van der Waals surface area contributed by atoms with Crippen LogP contribution in [0.15, 0.2) is 18.2 Å². The second kappa shape index (κ2) is 9.06. The molecule has 0 aliphatic heterocycles. The van der Waals surface area contributed by atoms with Crippen LogP contribution in [0.25, 0.3) is 0 Å². The molecule has 0 aromatic carbocycles. The molecular weight excluding hydrogens is 252 g/mol. The Kier molecular flexibility index (Phi) is 7.73. The van der Waals surface area contributed by atoms with Gasteiger partial charge in [-0.2, -0.15) is 0 Å². The highest BCUT2D eigenvalue weighted by Crippen LogP contribution is 2.17. The molecule has 0 saturated heterocycles. The maximum atomic E-state index is 10.0. The average Bonchev–Trinajstić information content (AvgIpc) is 2.43. The van der Waals surface area contributed by atoms with Gasteiger partial charge in [0.25, 0.3) is 0 Å². The lowest BCUT2D eigenvalue weighted by molar-refractivity contribution is 0.0135. The predicted octanol–water partition coefficient (Wildman–Crippen LogP) is 2.47. The molecule has 0 amide bonds. The summed E-state index contributed by atoms with van der Waals surface area (Å²) in [4.78, 5) is 4.41. The Morgan fingerprint density at radius 1 is 1.15 bits per heavy atom. The van der Waals surface area contributed by atoms with Crippen LogP contribution in [0.5, 0.6) is 0 Å². The van der Waals surface area contributed by atoms with Crippen LogP contribution in [-0.4, -0.2) is 21.8 Å². The summed E-state index contributed by atoms with van der Waals surface area (Å²) in [7, 11) is 0. The molecule has 1 aromatic heterocycles. The summed E-state index contributed by atoms with van der Waals surface area (Å²) >= 11 is 0. The van der Waals surface area contributed by atoms with Gasteiger partial charge in [0.1, 0.15) is 0 Å². The molecule has 1 rings (SSSR count). The monoisotopic (exact) mass is 280 g/mol. The molecule has 0 radical (unpaired) electrons. The van der Waals surface area contributed by atoms with Crippen molar-refractivity contribution in [2.24, 2.45) is 5.73 Å². The zero-order chi connectivity index (χ0) is 14.8. The smallest absolute Gasteiger partial charge is 0.158 e. The van der Waals surface area contributed by atoms with Gasteiger partial charge in [0, 0.05) is 18.7 Å². The molecule has 0 fully saturated rings. The molecule has 0 saturated carbocycles. The van der Waals surface area contributed by atoms with Crippen LogP contribution in [0.2, 0.25) is 0 Å². The average molecular weight is 280 g/mol. The fraction of sp³-hybridized carbons (Fsp3) is 0.688. The van der Waals surface area contributed by atoms with Crippen molar-refractivity contribution in [3.63, 3.8) is 0 Å². The number of nitrogens with two attached hydrogens (primary N) is 1. The van der Waals surface area contributed by atoms with Crippen molar-refractivity contribution in [2.45, 2.75) is 64.0 Å². The first kappa shape index (κ1) is 17.1. The van der Waals surface area contributed by atoms with Gasteiger partial charge in [-0.15, -0.1) is 0 Å². The molecule has 0 aliphatic rings. The van der Waals surface area contributed by atoms with E-state index in [1.54, 1.807) is 6.07 Å². The number of rotatable bonds is 10. The minimum Gasteiger partial charge on any atom is -0.396 e. The number of unbranched alkanes of at least 4 members (excludes halogenated alkanes) is 5. The first-order chi connectivity index (χ1) is 9.60. The number of hydrogen-bond donors (Lipinski definition) is 3. The predicted molar refractivity (Wildman–Crippen MR) is 81.1 cm³/mol. The largest absolute Gasteiger partial charge is 0.396 e. The summed E-state index contributed by atoms with van der Waals surface area (Å²) in [5.41, 5.74) is 5.62. The Labute approximate surface area is 122 Å². The van der Waals surface area contributed by atoms with Crippen molar-refractivity contribution in [1.29, 1.82) is 0 Å².